The molecule has 0 spiro atoms. The third kappa shape index (κ3) is 11.1. The molecule has 0 heterocycles. The maximum Gasteiger partial charge on any atom is 0.420 e. The maximum atomic E-state index is 12.8. The predicted octanol–water partition coefficient (Wildman–Crippen LogP) is 6.93. The van der Waals surface area contributed by atoms with Crippen molar-refractivity contribution >= 4 is 11.9 Å². The molecule has 186 valence electrons. The molecular formula is C26H46O6. The van der Waals surface area contributed by atoms with Crippen LogP contribution < -0.4 is 0 Å². The van der Waals surface area contributed by atoms with Crippen LogP contribution in [0.3, 0.4) is 0 Å². The molecule has 6 heteroatoms. The Balaban J connectivity index is 2.01. The highest BCUT2D eigenvalue weighted by atomic mass is 17.2. The normalized spacial score (nSPS) is 22.5. The van der Waals surface area contributed by atoms with Crippen molar-refractivity contribution < 1.29 is 28.8 Å². The molecule has 2 rings (SSSR count). The summed E-state index contributed by atoms with van der Waals surface area (Å²) >= 11 is 0. The van der Waals surface area contributed by atoms with Gasteiger partial charge in [0, 0.05) is 12.8 Å². The Morgan fingerprint density at radius 3 is 1.56 bits per heavy atom. The summed E-state index contributed by atoms with van der Waals surface area (Å²) < 4.78 is 11.4. The van der Waals surface area contributed by atoms with E-state index in [2.05, 4.69) is 0 Å². The molecule has 0 unspecified atom stereocenters. The highest BCUT2D eigenvalue weighted by Crippen LogP contribution is 2.32. The van der Waals surface area contributed by atoms with Gasteiger partial charge < -0.3 is 9.47 Å². The average Bonchev–Trinajstić information content (AvgIpc) is 2.75. The highest BCUT2D eigenvalue weighted by Gasteiger charge is 2.40. The Bertz CT molecular complexity index is 533. The highest BCUT2D eigenvalue weighted by molar-refractivity contribution is 6.29. The number of carbonyl (C=O) groups is 2. The van der Waals surface area contributed by atoms with Crippen molar-refractivity contribution in [1.82, 2.24) is 0 Å². The minimum atomic E-state index is -1.24. The van der Waals surface area contributed by atoms with Gasteiger partial charge in [-0.25, -0.2) is 14.5 Å². The maximum absolute atomic E-state index is 12.8. The molecule has 0 aromatic rings. The van der Waals surface area contributed by atoms with Gasteiger partial charge in [-0.3, -0.25) is 0 Å². The number of hydrogen-bond acceptors (Lipinski definition) is 6. The largest absolute Gasteiger partial charge is 0.454 e. The summed E-state index contributed by atoms with van der Waals surface area (Å²) in [7, 11) is 0. The van der Waals surface area contributed by atoms with Crippen LogP contribution in [0.15, 0.2) is 0 Å². The summed E-state index contributed by atoms with van der Waals surface area (Å²) in [6, 6.07) is 0. The summed E-state index contributed by atoms with van der Waals surface area (Å²) in [5, 5.41) is 0. The molecule has 6 nitrogen and oxygen atoms in total. The monoisotopic (exact) mass is 454 g/mol. The second-order valence-corrected chi connectivity index (χ2v) is 10.6. The third-order valence-electron chi connectivity index (χ3n) is 6.33. The number of esters is 2. The van der Waals surface area contributed by atoms with Gasteiger partial charge in [0.25, 0.3) is 0 Å². The van der Waals surface area contributed by atoms with Crippen molar-refractivity contribution in [3.05, 3.63) is 0 Å². The molecule has 0 atom stereocenters. The van der Waals surface area contributed by atoms with Gasteiger partial charge >= 0.3 is 11.9 Å². The molecule has 0 saturated heterocycles. The first kappa shape index (κ1) is 27.1. The molecule has 0 bridgehead atoms. The SMILES string of the molecule is CC(C)(C)OOC1(OC(=O)C(=O)OC2CCCCCCCCC2)CCCCCCCCC1. The number of ether oxygens (including phenoxy) is 2. The van der Waals surface area contributed by atoms with Gasteiger partial charge in [0.05, 0.1) is 5.60 Å². The van der Waals surface area contributed by atoms with E-state index in [9.17, 15) is 9.59 Å². The van der Waals surface area contributed by atoms with Gasteiger partial charge in [0.15, 0.2) is 0 Å². The molecule has 2 aliphatic carbocycles. The van der Waals surface area contributed by atoms with E-state index in [0.29, 0.717) is 12.8 Å². The lowest BCUT2D eigenvalue weighted by Crippen LogP contribution is -2.43. The third-order valence-corrected chi connectivity index (χ3v) is 6.33. The molecule has 2 fully saturated rings. The second kappa shape index (κ2) is 14.2. The minimum absolute atomic E-state index is 0.208. The van der Waals surface area contributed by atoms with Crippen LogP contribution in [-0.2, 0) is 28.8 Å². The first-order valence-corrected chi connectivity index (χ1v) is 13.1. The Kier molecular flexibility index (Phi) is 12.0. The number of hydrogen-bond donors (Lipinski definition) is 0. The predicted molar refractivity (Wildman–Crippen MR) is 124 cm³/mol. The van der Waals surface area contributed by atoms with Gasteiger partial charge in [-0.2, -0.15) is 4.89 Å². The van der Waals surface area contributed by atoms with Crippen LogP contribution >= 0.6 is 0 Å². The zero-order valence-electron chi connectivity index (χ0n) is 20.8. The molecular weight excluding hydrogens is 408 g/mol. The minimum Gasteiger partial charge on any atom is -0.454 e. The van der Waals surface area contributed by atoms with Gasteiger partial charge in [-0.1, -0.05) is 64.2 Å². The molecule has 0 radical (unpaired) electrons. The Morgan fingerprint density at radius 2 is 1.09 bits per heavy atom. The smallest absolute Gasteiger partial charge is 0.420 e. The van der Waals surface area contributed by atoms with Crippen LogP contribution in [0.4, 0.5) is 0 Å². The standard InChI is InChI=1S/C26H46O6/c1-25(2,3)31-32-26(20-16-12-8-5-9-13-17-21-26)30-24(28)23(27)29-22-18-14-10-6-4-7-11-15-19-22/h22H,4-21H2,1-3H3. The van der Waals surface area contributed by atoms with Crippen LogP contribution in [0.25, 0.3) is 0 Å². The van der Waals surface area contributed by atoms with Crippen LogP contribution in [0.5, 0.6) is 0 Å². The molecule has 0 aromatic heterocycles. The lowest BCUT2D eigenvalue weighted by atomic mass is 9.96. The summed E-state index contributed by atoms with van der Waals surface area (Å²) in [5.41, 5.74) is -0.550. The lowest BCUT2D eigenvalue weighted by molar-refractivity contribution is -0.453. The van der Waals surface area contributed by atoms with Crippen LogP contribution in [0, 0.1) is 0 Å². The van der Waals surface area contributed by atoms with E-state index in [1.165, 1.54) is 25.7 Å². The Hall–Kier alpha value is -1.14. The van der Waals surface area contributed by atoms with E-state index in [0.717, 1.165) is 77.0 Å². The molecule has 0 amide bonds. The van der Waals surface area contributed by atoms with Crippen molar-refractivity contribution in [2.24, 2.45) is 0 Å². The van der Waals surface area contributed by atoms with Crippen molar-refractivity contribution in [2.45, 2.75) is 154 Å². The summed E-state index contributed by atoms with van der Waals surface area (Å²) in [6.45, 7) is 5.66. The molecule has 32 heavy (non-hydrogen) atoms. The van der Waals surface area contributed by atoms with E-state index in [-0.39, 0.29) is 6.10 Å². The van der Waals surface area contributed by atoms with Crippen molar-refractivity contribution in [1.29, 1.82) is 0 Å². The van der Waals surface area contributed by atoms with Crippen LogP contribution in [0.1, 0.15) is 136 Å². The summed E-state index contributed by atoms with van der Waals surface area (Å²) in [5.74, 6) is -3.10. The van der Waals surface area contributed by atoms with Gasteiger partial charge in [-0.05, 0) is 59.3 Å². The van der Waals surface area contributed by atoms with E-state index in [1.807, 2.05) is 20.8 Å². The molecule has 0 aliphatic heterocycles. The zero-order chi connectivity index (χ0) is 23.3. The fraction of sp³-hybridized carbons (Fsp3) is 0.923. The van der Waals surface area contributed by atoms with Gasteiger partial charge in [-0.15, -0.1) is 0 Å². The second-order valence-electron chi connectivity index (χ2n) is 10.6. The van der Waals surface area contributed by atoms with Gasteiger partial charge in [0.2, 0.25) is 5.79 Å². The van der Waals surface area contributed by atoms with Gasteiger partial charge in [0.1, 0.15) is 6.10 Å². The molecule has 0 N–H and O–H groups in total. The van der Waals surface area contributed by atoms with Crippen LogP contribution in [0.2, 0.25) is 0 Å². The Morgan fingerprint density at radius 1 is 0.656 bits per heavy atom. The number of carbonyl (C=O) groups excluding carboxylic acids is 2. The Labute approximate surface area is 195 Å². The first-order chi connectivity index (χ1) is 15.3. The van der Waals surface area contributed by atoms with E-state index in [4.69, 9.17) is 19.2 Å². The molecule has 0 aromatic carbocycles. The van der Waals surface area contributed by atoms with E-state index in [1.54, 1.807) is 0 Å². The fourth-order valence-electron chi connectivity index (χ4n) is 4.50. The summed E-state index contributed by atoms with van der Waals surface area (Å²) in [4.78, 5) is 36.9. The molecule has 2 aliphatic rings. The topological polar surface area (TPSA) is 71.1 Å². The van der Waals surface area contributed by atoms with Crippen molar-refractivity contribution in [3.63, 3.8) is 0 Å². The molecule has 2 saturated carbocycles. The van der Waals surface area contributed by atoms with Crippen LogP contribution in [-0.4, -0.2) is 29.4 Å². The average molecular weight is 455 g/mol. The lowest BCUT2D eigenvalue weighted by Gasteiger charge is -2.34. The first-order valence-electron chi connectivity index (χ1n) is 13.1. The van der Waals surface area contributed by atoms with E-state index < -0.39 is 23.3 Å². The van der Waals surface area contributed by atoms with Crippen molar-refractivity contribution in [3.8, 4) is 0 Å². The summed E-state index contributed by atoms with van der Waals surface area (Å²) in [6.07, 6.45) is 17.9. The fourth-order valence-corrected chi connectivity index (χ4v) is 4.50. The zero-order valence-corrected chi connectivity index (χ0v) is 20.8. The quantitative estimate of drug-likeness (QED) is 0.151. The van der Waals surface area contributed by atoms with E-state index >= 15 is 0 Å². The van der Waals surface area contributed by atoms with Crippen molar-refractivity contribution in [2.75, 3.05) is 0 Å². The number of rotatable bonds is 4.